The summed E-state index contributed by atoms with van der Waals surface area (Å²) in [4.78, 5) is 8.33. The minimum Gasteiger partial charge on any atom is -0.370 e. The van der Waals surface area contributed by atoms with Gasteiger partial charge >= 0.3 is 0 Å². The van der Waals surface area contributed by atoms with Crippen molar-refractivity contribution >= 4 is 5.82 Å². The number of anilines is 1. The van der Waals surface area contributed by atoms with Gasteiger partial charge in [-0.1, -0.05) is 13.8 Å². The predicted octanol–water partition coefficient (Wildman–Crippen LogP) is 1.31. The van der Waals surface area contributed by atoms with Gasteiger partial charge in [0.1, 0.15) is 12.1 Å². The van der Waals surface area contributed by atoms with Crippen LogP contribution in [0.15, 0.2) is 12.4 Å². The summed E-state index contributed by atoms with van der Waals surface area (Å²) in [6.45, 7) is 6.24. The largest absolute Gasteiger partial charge is 0.370 e. The molecule has 0 aliphatic rings. The number of hydrogen-bond donors (Lipinski definition) is 2. The van der Waals surface area contributed by atoms with Crippen LogP contribution in [0.25, 0.3) is 0 Å². The Kier molecular flexibility index (Phi) is 5.04. The van der Waals surface area contributed by atoms with E-state index in [0.717, 1.165) is 31.0 Å². The SMILES string of the molecule is CCc1cc(NCC(C)CNC)ncn1. The first-order chi connectivity index (χ1) is 7.26. The predicted molar refractivity (Wildman–Crippen MR) is 63.0 cm³/mol. The topological polar surface area (TPSA) is 49.8 Å². The molecular weight excluding hydrogens is 188 g/mol. The molecule has 84 valence electrons. The van der Waals surface area contributed by atoms with Crippen LogP contribution in [0.4, 0.5) is 5.82 Å². The summed E-state index contributed by atoms with van der Waals surface area (Å²) in [5.74, 6) is 1.51. The molecule has 0 radical (unpaired) electrons. The molecule has 1 aromatic heterocycles. The first-order valence-corrected chi connectivity index (χ1v) is 5.45. The second kappa shape index (κ2) is 6.35. The van der Waals surface area contributed by atoms with E-state index in [9.17, 15) is 0 Å². The van der Waals surface area contributed by atoms with Crippen LogP contribution in [-0.4, -0.2) is 30.1 Å². The zero-order valence-corrected chi connectivity index (χ0v) is 9.75. The third-order valence-corrected chi connectivity index (χ3v) is 2.27. The smallest absolute Gasteiger partial charge is 0.129 e. The minimum absolute atomic E-state index is 0.593. The van der Waals surface area contributed by atoms with Crippen LogP contribution in [0.1, 0.15) is 19.5 Å². The molecule has 0 amide bonds. The van der Waals surface area contributed by atoms with Gasteiger partial charge in [0.05, 0.1) is 0 Å². The van der Waals surface area contributed by atoms with Gasteiger partial charge in [-0.05, 0) is 25.9 Å². The highest BCUT2D eigenvalue weighted by Gasteiger charge is 2.01. The minimum atomic E-state index is 0.593. The van der Waals surface area contributed by atoms with Crippen LogP contribution >= 0.6 is 0 Å². The second-order valence-corrected chi connectivity index (χ2v) is 3.79. The maximum absolute atomic E-state index is 4.18. The summed E-state index contributed by atoms with van der Waals surface area (Å²) < 4.78 is 0. The summed E-state index contributed by atoms with van der Waals surface area (Å²) in [7, 11) is 1.97. The Morgan fingerprint density at radius 1 is 1.33 bits per heavy atom. The molecule has 0 bridgehead atoms. The maximum atomic E-state index is 4.18. The van der Waals surface area contributed by atoms with E-state index >= 15 is 0 Å². The second-order valence-electron chi connectivity index (χ2n) is 3.79. The molecule has 0 aliphatic carbocycles. The van der Waals surface area contributed by atoms with Crippen LogP contribution in [0.2, 0.25) is 0 Å². The number of aromatic nitrogens is 2. The van der Waals surface area contributed by atoms with Crippen LogP contribution in [0.3, 0.4) is 0 Å². The molecule has 0 aliphatic heterocycles. The molecule has 0 saturated carbocycles. The van der Waals surface area contributed by atoms with Gasteiger partial charge in [0.25, 0.3) is 0 Å². The summed E-state index contributed by atoms with van der Waals surface area (Å²) in [6.07, 6.45) is 2.56. The molecule has 1 atom stereocenters. The zero-order chi connectivity index (χ0) is 11.1. The summed E-state index contributed by atoms with van der Waals surface area (Å²) in [5.41, 5.74) is 1.08. The fourth-order valence-electron chi connectivity index (χ4n) is 1.39. The normalized spacial score (nSPS) is 12.5. The van der Waals surface area contributed by atoms with Crippen molar-refractivity contribution in [1.82, 2.24) is 15.3 Å². The van der Waals surface area contributed by atoms with E-state index in [1.54, 1.807) is 6.33 Å². The van der Waals surface area contributed by atoms with E-state index < -0.39 is 0 Å². The highest BCUT2D eigenvalue weighted by atomic mass is 15.0. The lowest BCUT2D eigenvalue weighted by Gasteiger charge is -2.12. The van der Waals surface area contributed by atoms with Crippen molar-refractivity contribution < 1.29 is 0 Å². The lowest BCUT2D eigenvalue weighted by Crippen LogP contribution is -2.23. The van der Waals surface area contributed by atoms with Crippen molar-refractivity contribution in [2.75, 3.05) is 25.5 Å². The summed E-state index contributed by atoms with van der Waals surface area (Å²) in [5, 5.41) is 6.47. The van der Waals surface area contributed by atoms with Crippen molar-refractivity contribution in [3.63, 3.8) is 0 Å². The standard InChI is InChI=1S/C11H20N4/c1-4-10-5-11(15-8-14-10)13-7-9(2)6-12-3/h5,8-9,12H,4,6-7H2,1-3H3,(H,13,14,15). The lowest BCUT2D eigenvalue weighted by molar-refractivity contribution is 0.568. The van der Waals surface area contributed by atoms with E-state index in [0.29, 0.717) is 5.92 Å². The van der Waals surface area contributed by atoms with Crippen molar-refractivity contribution in [3.05, 3.63) is 18.1 Å². The molecule has 4 heteroatoms. The van der Waals surface area contributed by atoms with Crippen molar-refractivity contribution in [3.8, 4) is 0 Å². The van der Waals surface area contributed by atoms with E-state index in [4.69, 9.17) is 0 Å². The quantitative estimate of drug-likeness (QED) is 0.740. The Labute approximate surface area is 91.5 Å². The van der Waals surface area contributed by atoms with E-state index in [1.807, 2.05) is 13.1 Å². The Morgan fingerprint density at radius 2 is 2.13 bits per heavy atom. The number of nitrogens with zero attached hydrogens (tertiary/aromatic N) is 2. The molecule has 2 N–H and O–H groups in total. The fraction of sp³-hybridized carbons (Fsp3) is 0.636. The van der Waals surface area contributed by atoms with Gasteiger partial charge in [-0.25, -0.2) is 9.97 Å². The van der Waals surface area contributed by atoms with Crippen LogP contribution in [0, 0.1) is 5.92 Å². The van der Waals surface area contributed by atoms with E-state index in [2.05, 4.69) is 34.4 Å². The fourth-order valence-corrected chi connectivity index (χ4v) is 1.39. The van der Waals surface area contributed by atoms with E-state index in [-0.39, 0.29) is 0 Å². The average Bonchev–Trinajstić information content (AvgIpc) is 2.27. The Hall–Kier alpha value is -1.16. The van der Waals surface area contributed by atoms with Crippen LogP contribution in [-0.2, 0) is 6.42 Å². The van der Waals surface area contributed by atoms with Gasteiger partial charge in [-0.3, -0.25) is 0 Å². The zero-order valence-electron chi connectivity index (χ0n) is 9.75. The molecule has 1 aromatic rings. The Bertz CT molecular complexity index is 288. The van der Waals surface area contributed by atoms with Gasteiger partial charge in [-0.15, -0.1) is 0 Å². The lowest BCUT2D eigenvalue weighted by atomic mass is 10.2. The maximum Gasteiger partial charge on any atom is 0.129 e. The van der Waals surface area contributed by atoms with Gasteiger partial charge in [0, 0.05) is 18.3 Å². The molecule has 0 saturated heterocycles. The highest BCUT2D eigenvalue weighted by Crippen LogP contribution is 2.05. The van der Waals surface area contributed by atoms with Gasteiger partial charge in [0.15, 0.2) is 0 Å². The molecule has 0 fully saturated rings. The van der Waals surface area contributed by atoms with Crippen LogP contribution < -0.4 is 10.6 Å². The summed E-state index contributed by atoms with van der Waals surface area (Å²) >= 11 is 0. The molecule has 1 heterocycles. The molecule has 1 rings (SSSR count). The third kappa shape index (κ3) is 4.25. The average molecular weight is 208 g/mol. The van der Waals surface area contributed by atoms with Crippen LogP contribution in [0.5, 0.6) is 0 Å². The molecule has 15 heavy (non-hydrogen) atoms. The molecule has 0 spiro atoms. The molecule has 4 nitrogen and oxygen atoms in total. The summed E-state index contributed by atoms with van der Waals surface area (Å²) in [6, 6.07) is 2.01. The van der Waals surface area contributed by atoms with E-state index in [1.165, 1.54) is 0 Å². The van der Waals surface area contributed by atoms with Gasteiger partial charge < -0.3 is 10.6 Å². The Balaban J connectivity index is 2.43. The van der Waals surface area contributed by atoms with Crippen molar-refractivity contribution in [2.24, 2.45) is 5.92 Å². The number of rotatable bonds is 6. The van der Waals surface area contributed by atoms with Crippen molar-refractivity contribution in [1.29, 1.82) is 0 Å². The number of aryl methyl sites for hydroxylation is 1. The van der Waals surface area contributed by atoms with Gasteiger partial charge in [0.2, 0.25) is 0 Å². The number of nitrogens with one attached hydrogen (secondary N) is 2. The monoisotopic (exact) mass is 208 g/mol. The first-order valence-electron chi connectivity index (χ1n) is 5.45. The van der Waals surface area contributed by atoms with Gasteiger partial charge in [-0.2, -0.15) is 0 Å². The molecular formula is C11H20N4. The third-order valence-electron chi connectivity index (χ3n) is 2.27. The first kappa shape index (κ1) is 11.9. The number of hydrogen-bond acceptors (Lipinski definition) is 4. The van der Waals surface area contributed by atoms with Crippen molar-refractivity contribution in [2.45, 2.75) is 20.3 Å². The molecule has 1 unspecified atom stereocenters. The Morgan fingerprint density at radius 3 is 2.80 bits per heavy atom. The molecule has 0 aromatic carbocycles. The highest BCUT2D eigenvalue weighted by molar-refractivity contribution is 5.34.